The Bertz CT molecular complexity index is 1170. The summed E-state index contributed by atoms with van der Waals surface area (Å²) in [6.45, 7) is 2.21. The Labute approximate surface area is 199 Å². The lowest BCUT2D eigenvalue weighted by Gasteiger charge is -2.53. The van der Waals surface area contributed by atoms with Crippen LogP contribution in [-0.4, -0.2) is 45.3 Å². The normalized spacial score (nSPS) is 32.0. The molecule has 2 aliphatic carbocycles. The molecular weight excluding hydrogens is 441 g/mol. The Hall–Kier alpha value is -2.48. The standard InChI is InChI=1S/C24H28B2F3N3O2/c1-13-9-21(6-5-19(13)33-2)10-15-4-3-14(16-7-17(12-31-11-16)23(27,28)29)8-18(15)22(21)24(25,26)34-20(30)32-22/h3-4,7-8,11-13,19H,5-6,9-10,25-26H2,1-2H3,(H2,30,32)/t13-,19-,21-,22+/m1/s1. The lowest BCUT2D eigenvalue weighted by Crippen LogP contribution is -2.60. The monoisotopic (exact) mass is 469 g/mol. The minimum absolute atomic E-state index is 0.157. The Morgan fingerprint density at radius 1 is 1.18 bits per heavy atom. The second kappa shape index (κ2) is 7.51. The third kappa shape index (κ3) is 3.21. The van der Waals surface area contributed by atoms with Crippen LogP contribution in [0.1, 0.15) is 42.9 Å². The average Bonchev–Trinajstić information content (AvgIpc) is 3.17. The van der Waals surface area contributed by atoms with Crippen molar-refractivity contribution >= 4 is 21.7 Å². The van der Waals surface area contributed by atoms with Crippen LogP contribution in [0.15, 0.2) is 41.7 Å². The molecule has 10 heteroatoms. The van der Waals surface area contributed by atoms with E-state index in [1.165, 1.54) is 6.20 Å². The second-order valence-corrected chi connectivity index (χ2v) is 10.6. The second-order valence-electron chi connectivity index (χ2n) is 10.6. The highest BCUT2D eigenvalue weighted by Gasteiger charge is 2.68. The summed E-state index contributed by atoms with van der Waals surface area (Å²) in [5, 5.41) is -0.716. The molecule has 4 atom stereocenters. The lowest BCUT2D eigenvalue weighted by molar-refractivity contribution is -0.137. The maximum absolute atomic E-state index is 13.3. The molecule has 0 bridgehead atoms. The first-order chi connectivity index (χ1) is 15.9. The van der Waals surface area contributed by atoms with E-state index >= 15 is 0 Å². The van der Waals surface area contributed by atoms with Crippen LogP contribution in [0, 0.1) is 11.3 Å². The predicted molar refractivity (Wildman–Crippen MR) is 129 cm³/mol. The van der Waals surface area contributed by atoms with Gasteiger partial charge < -0.3 is 15.2 Å². The van der Waals surface area contributed by atoms with Crippen LogP contribution in [0.2, 0.25) is 0 Å². The minimum atomic E-state index is -4.46. The van der Waals surface area contributed by atoms with Crippen molar-refractivity contribution in [2.24, 2.45) is 22.1 Å². The van der Waals surface area contributed by atoms with Crippen molar-refractivity contribution in [3.63, 3.8) is 0 Å². The van der Waals surface area contributed by atoms with E-state index in [9.17, 15) is 13.2 Å². The van der Waals surface area contributed by atoms with Gasteiger partial charge in [-0.15, -0.1) is 0 Å². The molecule has 3 aliphatic rings. The molecule has 1 aromatic carbocycles. The van der Waals surface area contributed by atoms with Crippen LogP contribution in [-0.2, 0) is 27.6 Å². The number of aromatic nitrogens is 1. The van der Waals surface area contributed by atoms with Crippen molar-refractivity contribution in [2.45, 2.75) is 55.8 Å². The number of benzene rings is 1. The first-order valence-corrected chi connectivity index (χ1v) is 11.7. The number of amidine groups is 1. The van der Waals surface area contributed by atoms with Gasteiger partial charge in [0.05, 0.1) is 17.1 Å². The first-order valence-electron chi connectivity index (χ1n) is 11.7. The van der Waals surface area contributed by atoms with Gasteiger partial charge >= 0.3 is 6.18 Å². The molecule has 1 aliphatic heterocycles. The summed E-state index contributed by atoms with van der Waals surface area (Å²) in [5.74, 6) is 0.324. The summed E-state index contributed by atoms with van der Waals surface area (Å²) < 4.78 is 51.8. The largest absolute Gasteiger partial charge is 0.475 e. The van der Waals surface area contributed by atoms with Crippen LogP contribution in [0.5, 0.6) is 0 Å². The van der Waals surface area contributed by atoms with Gasteiger partial charge in [-0.3, -0.25) is 4.98 Å². The number of nitrogens with zero attached hydrogens (tertiary/aromatic N) is 2. The van der Waals surface area contributed by atoms with Gasteiger partial charge in [-0.05, 0) is 60.4 Å². The smallest absolute Gasteiger partial charge is 0.417 e. The minimum Gasteiger partial charge on any atom is -0.475 e. The van der Waals surface area contributed by atoms with Crippen molar-refractivity contribution in [2.75, 3.05) is 7.11 Å². The van der Waals surface area contributed by atoms with Crippen molar-refractivity contribution in [3.8, 4) is 11.1 Å². The van der Waals surface area contributed by atoms with Crippen molar-refractivity contribution in [3.05, 3.63) is 53.3 Å². The Morgan fingerprint density at radius 3 is 2.56 bits per heavy atom. The van der Waals surface area contributed by atoms with Crippen LogP contribution < -0.4 is 5.73 Å². The highest BCUT2D eigenvalue weighted by atomic mass is 19.4. The summed E-state index contributed by atoms with van der Waals surface area (Å²) in [6, 6.07) is 7.18. The van der Waals surface area contributed by atoms with Gasteiger partial charge in [0, 0.05) is 30.5 Å². The van der Waals surface area contributed by atoms with E-state index in [0.717, 1.165) is 49.1 Å². The van der Waals surface area contributed by atoms with Crippen LogP contribution in [0.3, 0.4) is 0 Å². The topological polar surface area (TPSA) is 69.7 Å². The van der Waals surface area contributed by atoms with E-state index < -0.39 is 22.7 Å². The number of alkyl halides is 3. The number of halogens is 3. The van der Waals surface area contributed by atoms with Gasteiger partial charge in [-0.1, -0.05) is 19.1 Å². The molecule has 1 saturated carbocycles. The molecule has 0 saturated heterocycles. The molecule has 2 aromatic rings. The first kappa shape index (κ1) is 23.3. The zero-order valence-electron chi connectivity index (χ0n) is 19.9. The van der Waals surface area contributed by atoms with Crippen LogP contribution >= 0.6 is 0 Å². The molecule has 34 heavy (non-hydrogen) atoms. The Kier molecular flexibility index (Phi) is 5.14. The maximum Gasteiger partial charge on any atom is 0.417 e. The van der Waals surface area contributed by atoms with Gasteiger partial charge in [0.25, 0.3) is 6.02 Å². The molecule has 2 N–H and O–H groups in total. The number of rotatable bonds is 2. The van der Waals surface area contributed by atoms with Gasteiger partial charge in [-0.25, -0.2) is 4.99 Å². The lowest BCUT2D eigenvalue weighted by atomic mass is 9.44. The number of ether oxygens (including phenoxy) is 2. The van der Waals surface area contributed by atoms with Gasteiger partial charge in [0.2, 0.25) is 0 Å². The van der Waals surface area contributed by atoms with Gasteiger partial charge in [0.1, 0.15) is 5.54 Å². The average molecular weight is 469 g/mol. The zero-order chi connectivity index (χ0) is 24.5. The molecule has 5 nitrogen and oxygen atoms in total. The zero-order valence-corrected chi connectivity index (χ0v) is 19.9. The molecule has 0 radical (unpaired) electrons. The van der Waals surface area contributed by atoms with Crippen LogP contribution in [0.4, 0.5) is 13.2 Å². The summed E-state index contributed by atoms with van der Waals surface area (Å²) in [5.41, 5.74) is 7.66. The van der Waals surface area contributed by atoms with E-state index in [2.05, 4.69) is 11.9 Å². The Balaban J connectivity index is 1.67. The number of aliphatic imine (C=N–C) groups is 1. The van der Waals surface area contributed by atoms with Gasteiger partial charge in [-0.2, -0.15) is 13.2 Å². The number of pyridine rings is 1. The highest BCUT2D eigenvalue weighted by Crippen LogP contribution is 2.65. The molecule has 178 valence electrons. The fourth-order valence-corrected chi connectivity index (χ4v) is 6.97. The molecule has 0 unspecified atom stereocenters. The molecule has 2 heterocycles. The molecule has 2 spiro atoms. The number of nitrogens with two attached hydrogens (primary N) is 1. The molecule has 1 fully saturated rings. The molecule has 0 amide bonds. The van der Waals surface area contributed by atoms with E-state index in [1.807, 2.05) is 33.9 Å². The molecule has 5 rings (SSSR count). The van der Waals surface area contributed by atoms with Gasteiger partial charge in [0.15, 0.2) is 15.7 Å². The molecule has 1 aromatic heterocycles. The van der Waals surface area contributed by atoms with E-state index in [-0.39, 0.29) is 17.5 Å². The summed E-state index contributed by atoms with van der Waals surface area (Å²) in [7, 11) is 5.78. The maximum atomic E-state index is 13.3. The van der Waals surface area contributed by atoms with Crippen molar-refractivity contribution in [1.82, 2.24) is 4.98 Å². The number of fused-ring (bicyclic) bond motifs is 3. The number of hydrogen-bond donors (Lipinski definition) is 1. The number of methoxy groups -OCH3 is 1. The van der Waals surface area contributed by atoms with E-state index in [1.54, 1.807) is 7.11 Å². The highest BCUT2D eigenvalue weighted by molar-refractivity contribution is 6.41. The van der Waals surface area contributed by atoms with Crippen LogP contribution in [0.25, 0.3) is 11.1 Å². The third-order valence-electron chi connectivity index (χ3n) is 8.26. The van der Waals surface area contributed by atoms with Crippen molar-refractivity contribution < 1.29 is 22.6 Å². The Morgan fingerprint density at radius 2 is 1.94 bits per heavy atom. The SMILES string of the molecule is BC1(B)OC(N)=N[C@]12c1cc(-c3cncc(C(F)(F)F)c3)ccc1C[C@]21CC[C@@H](OC)[C@H](C)C1. The van der Waals surface area contributed by atoms with E-state index in [0.29, 0.717) is 17.0 Å². The summed E-state index contributed by atoms with van der Waals surface area (Å²) in [6.07, 6.45) is 1.55. The quantitative estimate of drug-likeness (QED) is 0.688. The predicted octanol–water partition coefficient (Wildman–Crippen LogP) is 2.61. The fraction of sp³-hybridized carbons (Fsp3) is 0.500. The summed E-state index contributed by atoms with van der Waals surface area (Å²) >= 11 is 0. The summed E-state index contributed by atoms with van der Waals surface area (Å²) in [4.78, 5) is 8.86. The van der Waals surface area contributed by atoms with E-state index in [4.69, 9.17) is 20.2 Å². The molecular formula is C24H28B2F3N3O2. The third-order valence-corrected chi connectivity index (χ3v) is 8.26. The van der Waals surface area contributed by atoms with Crippen molar-refractivity contribution in [1.29, 1.82) is 0 Å². The fourth-order valence-electron chi connectivity index (χ4n) is 6.97. The number of hydrogen-bond acceptors (Lipinski definition) is 5.